The summed E-state index contributed by atoms with van der Waals surface area (Å²) in [5.41, 5.74) is 1.54. The maximum atomic E-state index is 12.0. The Morgan fingerprint density at radius 1 is 1.28 bits per heavy atom. The molecule has 0 radical (unpaired) electrons. The highest BCUT2D eigenvalue weighted by Crippen LogP contribution is 2.46. The third kappa shape index (κ3) is 1.65. The van der Waals surface area contributed by atoms with Crippen LogP contribution in [0, 0.1) is 18.8 Å². The van der Waals surface area contributed by atoms with Gasteiger partial charge in [0, 0.05) is 5.56 Å². The molecule has 2 amide bonds. The lowest BCUT2D eigenvalue weighted by Gasteiger charge is -2.15. The Morgan fingerprint density at radius 2 is 1.94 bits per heavy atom. The van der Waals surface area contributed by atoms with E-state index >= 15 is 0 Å². The third-order valence-electron chi connectivity index (χ3n) is 3.60. The zero-order valence-corrected chi connectivity index (χ0v) is 10.1. The first kappa shape index (κ1) is 11.1. The van der Waals surface area contributed by atoms with E-state index in [1.807, 2.05) is 13.0 Å². The molecule has 1 aromatic rings. The lowest BCUT2D eigenvalue weighted by Crippen LogP contribution is -2.37. The standard InChI is InChI=1S/C14H13NO3/c1-8-3-2-4-9(5-8)12(16)7-15-13(17)10-6-11(10)14(15)18/h2-5,10-11H,6-7H2,1H3. The van der Waals surface area contributed by atoms with E-state index in [1.165, 1.54) is 0 Å². The fourth-order valence-corrected chi connectivity index (χ4v) is 2.46. The van der Waals surface area contributed by atoms with Crippen molar-refractivity contribution in [3.63, 3.8) is 0 Å². The number of amides is 2. The topological polar surface area (TPSA) is 54.5 Å². The second-order valence-corrected chi connectivity index (χ2v) is 5.00. The molecule has 2 unspecified atom stereocenters. The van der Waals surface area contributed by atoms with E-state index < -0.39 is 0 Å². The van der Waals surface area contributed by atoms with Crippen LogP contribution < -0.4 is 0 Å². The number of aryl methyl sites for hydroxylation is 1. The highest BCUT2D eigenvalue weighted by atomic mass is 16.2. The third-order valence-corrected chi connectivity index (χ3v) is 3.60. The number of ketones is 1. The molecule has 1 aromatic carbocycles. The van der Waals surface area contributed by atoms with E-state index in [-0.39, 0.29) is 36.0 Å². The predicted octanol–water partition coefficient (Wildman–Crippen LogP) is 1.18. The Balaban J connectivity index is 1.75. The van der Waals surface area contributed by atoms with Gasteiger partial charge in [-0.25, -0.2) is 0 Å². The maximum Gasteiger partial charge on any atom is 0.233 e. The van der Waals surface area contributed by atoms with Gasteiger partial charge in [0.05, 0.1) is 18.4 Å². The number of piperidine rings is 1. The predicted molar refractivity (Wildman–Crippen MR) is 63.8 cm³/mol. The quantitative estimate of drug-likeness (QED) is 0.591. The molecular weight excluding hydrogens is 230 g/mol. The van der Waals surface area contributed by atoms with E-state index in [1.54, 1.807) is 18.2 Å². The largest absolute Gasteiger partial charge is 0.292 e. The van der Waals surface area contributed by atoms with Gasteiger partial charge in [0.15, 0.2) is 5.78 Å². The molecule has 1 aliphatic heterocycles. The molecule has 2 aliphatic rings. The van der Waals surface area contributed by atoms with Crippen LogP contribution in [-0.4, -0.2) is 29.0 Å². The van der Waals surface area contributed by atoms with Gasteiger partial charge in [-0.05, 0) is 19.4 Å². The molecule has 18 heavy (non-hydrogen) atoms. The number of hydrogen-bond acceptors (Lipinski definition) is 3. The smallest absolute Gasteiger partial charge is 0.233 e. The van der Waals surface area contributed by atoms with Crippen molar-refractivity contribution in [2.45, 2.75) is 13.3 Å². The molecule has 92 valence electrons. The van der Waals surface area contributed by atoms with Crippen molar-refractivity contribution in [2.24, 2.45) is 11.8 Å². The Kier molecular flexibility index (Phi) is 2.33. The van der Waals surface area contributed by atoms with Crippen LogP contribution in [0.25, 0.3) is 0 Å². The second kappa shape index (κ2) is 3.77. The second-order valence-electron chi connectivity index (χ2n) is 5.00. The zero-order chi connectivity index (χ0) is 12.9. The summed E-state index contributed by atoms with van der Waals surface area (Å²) >= 11 is 0. The fraction of sp³-hybridized carbons (Fsp3) is 0.357. The van der Waals surface area contributed by atoms with E-state index in [0.717, 1.165) is 10.5 Å². The highest BCUT2D eigenvalue weighted by molar-refractivity contribution is 6.12. The molecule has 1 saturated carbocycles. The molecule has 0 N–H and O–H groups in total. The zero-order valence-electron chi connectivity index (χ0n) is 10.1. The normalized spacial score (nSPS) is 25.3. The summed E-state index contributed by atoms with van der Waals surface area (Å²) in [6.07, 6.45) is 0.673. The molecule has 4 heteroatoms. The van der Waals surface area contributed by atoms with Gasteiger partial charge in [-0.3, -0.25) is 19.3 Å². The summed E-state index contributed by atoms with van der Waals surface area (Å²) in [5, 5.41) is 0. The molecule has 1 saturated heterocycles. The summed E-state index contributed by atoms with van der Waals surface area (Å²) in [7, 11) is 0. The highest BCUT2D eigenvalue weighted by Gasteiger charge is 2.58. The van der Waals surface area contributed by atoms with Gasteiger partial charge in [0.1, 0.15) is 0 Å². The number of rotatable bonds is 3. The number of likely N-dealkylation sites (tertiary alicyclic amines) is 1. The van der Waals surface area contributed by atoms with Gasteiger partial charge >= 0.3 is 0 Å². The number of fused-ring (bicyclic) bond motifs is 1. The first-order chi connectivity index (χ1) is 8.58. The maximum absolute atomic E-state index is 12.0. The molecule has 0 bridgehead atoms. The molecule has 0 spiro atoms. The number of nitrogens with zero attached hydrogens (tertiary/aromatic N) is 1. The Bertz CT molecular complexity index is 544. The number of hydrogen-bond donors (Lipinski definition) is 0. The molecule has 1 heterocycles. The van der Waals surface area contributed by atoms with Crippen molar-refractivity contribution < 1.29 is 14.4 Å². The lowest BCUT2D eigenvalue weighted by atomic mass is 10.1. The van der Waals surface area contributed by atoms with Gasteiger partial charge in [0.2, 0.25) is 11.8 Å². The number of Topliss-reactive ketones (excluding diaryl/α,β-unsaturated/α-hetero) is 1. The van der Waals surface area contributed by atoms with E-state index in [2.05, 4.69) is 0 Å². The van der Waals surface area contributed by atoms with Crippen LogP contribution >= 0.6 is 0 Å². The van der Waals surface area contributed by atoms with Crippen LogP contribution in [0.1, 0.15) is 22.3 Å². The molecule has 0 aromatic heterocycles. The lowest BCUT2D eigenvalue weighted by molar-refractivity contribution is -0.140. The van der Waals surface area contributed by atoms with Crippen LogP contribution in [0.15, 0.2) is 24.3 Å². The monoisotopic (exact) mass is 243 g/mol. The summed E-state index contributed by atoms with van der Waals surface area (Å²) in [4.78, 5) is 36.6. The molecule has 2 fully saturated rings. The minimum absolute atomic E-state index is 0.117. The first-order valence-corrected chi connectivity index (χ1v) is 6.03. The van der Waals surface area contributed by atoms with Gasteiger partial charge in [-0.15, -0.1) is 0 Å². The Morgan fingerprint density at radius 3 is 2.56 bits per heavy atom. The average molecular weight is 243 g/mol. The van der Waals surface area contributed by atoms with Crippen LogP contribution in [0.3, 0.4) is 0 Å². The van der Waals surface area contributed by atoms with Crippen molar-refractivity contribution in [3.8, 4) is 0 Å². The molecule has 3 rings (SSSR count). The van der Waals surface area contributed by atoms with Gasteiger partial charge in [0.25, 0.3) is 0 Å². The SMILES string of the molecule is Cc1cccc(C(=O)CN2C(=O)C3CC3C2=O)c1. The Hall–Kier alpha value is -1.97. The van der Waals surface area contributed by atoms with E-state index in [0.29, 0.717) is 12.0 Å². The summed E-state index contributed by atoms with van der Waals surface area (Å²) in [6, 6.07) is 7.18. The molecule has 1 aliphatic carbocycles. The van der Waals surface area contributed by atoms with Crippen molar-refractivity contribution in [3.05, 3.63) is 35.4 Å². The van der Waals surface area contributed by atoms with Gasteiger partial charge in [-0.1, -0.05) is 23.8 Å². The van der Waals surface area contributed by atoms with Crippen molar-refractivity contribution >= 4 is 17.6 Å². The van der Waals surface area contributed by atoms with Crippen molar-refractivity contribution in [1.29, 1.82) is 0 Å². The minimum Gasteiger partial charge on any atom is -0.292 e. The van der Waals surface area contributed by atoms with Crippen LogP contribution in [0.5, 0.6) is 0 Å². The van der Waals surface area contributed by atoms with Gasteiger partial charge in [-0.2, -0.15) is 0 Å². The van der Waals surface area contributed by atoms with Crippen LogP contribution in [0.4, 0.5) is 0 Å². The summed E-state index contributed by atoms with van der Waals surface area (Å²) in [5.74, 6) is -0.802. The minimum atomic E-state index is -0.179. The number of benzene rings is 1. The summed E-state index contributed by atoms with van der Waals surface area (Å²) in [6.45, 7) is 1.78. The molecule has 2 atom stereocenters. The van der Waals surface area contributed by atoms with Crippen LogP contribution in [0.2, 0.25) is 0 Å². The molecular formula is C14H13NO3. The first-order valence-electron chi connectivity index (χ1n) is 6.03. The van der Waals surface area contributed by atoms with E-state index in [9.17, 15) is 14.4 Å². The molecule has 4 nitrogen and oxygen atoms in total. The summed E-state index contributed by atoms with van der Waals surface area (Å²) < 4.78 is 0. The van der Waals surface area contributed by atoms with Crippen molar-refractivity contribution in [1.82, 2.24) is 4.90 Å². The Labute approximate surface area is 105 Å². The fourth-order valence-electron chi connectivity index (χ4n) is 2.46. The number of imide groups is 1. The van der Waals surface area contributed by atoms with E-state index in [4.69, 9.17) is 0 Å². The van der Waals surface area contributed by atoms with Crippen molar-refractivity contribution in [2.75, 3.05) is 6.54 Å². The average Bonchev–Trinajstić information content (AvgIpc) is 3.10. The van der Waals surface area contributed by atoms with Gasteiger partial charge < -0.3 is 0 Å². The number of carbonyl (C=O) groups is 3. The number of carbonyl (C=O) groups excluding carboxylic acids is 3. The van der Waals surface area contributed by atoms with Crippen LogP contribution in [-0.2, 0) is 9.59 Å².